The zero-order chi connectivity index (χ0) is 33.0. The second-order valence-electron chi connectivity index (χ2n) is 11.6. The van der Waals surface area contributed by atoms with Gasteiger partial charge in [0, 0.05) is 36.1 Å². The first-order valence-electron chi connectivity index (χ1n) is 14.9. The first kappa shape index (κ1) is 32.7. The van der Waals surface area contributed by atoms with E-state index >= 15 is 0 Å². The molecule has 0 spiro atoms. The van der Waals surface area contributed by atoms with Crippen LogP contribution in [0.3, 0.4) is 0 Å². The third-order valence-electron chi connectivity index (χ3n) is 8.12. The monoisotopic (exact) mass is 648 g/mol. The van der Waals surface area contributed by atoms with Crippen LogP contribution < -0.4 is 14.8 Å². The largest absolute Gasteiger partial charge is 0.488 e. The normalized spacial score (nSPS) is 17.6. The van der Waals surface area contributed by atoms with Crippen LogP contribution in [-0.4, -0.2) is 74.2 Å². The topological polar surface area (TPSA) is 128 Å². The summed E-state index contributed by atoms with van der Waals surface area (Å²) in [6.45, 7) is 3.85. The number of aliphatic hydroxyl groups excluding tert-OH is 1. The SMILES string of the molecule is C[C@H](CO)N1C[C@H](C)[C@H](CN(C)C(=O)Nc2cccc3ccccc23)Oc2ccc(NS(=O)(=O)c3ccc(F)cc3)cc2CC1=O. The van der Waals surface area contributed by atoms with Crippen molar-refractivity contribution in [2.45, 2.75) is 37.3 Å². The molecule has 10 nitrogen and oxygen atoms in total. The van der Waals surface area contributed by atoms with Gasteiger partial charge in [-0.3, -0.25) is 9.52 Å². The van der Waals surface area contributed by atoms with Crippen LogP contribution >= 0.6 is 0 Å². The van der Waals surface area contributed by atoms with Crippen LogP contribution in [0.1, 0.15) is 19.4 Å². The van der Waals surface area contributed by atoms with Crippen LogP contribution in [0.4, 0.5) is 20.6 Å². The summed E-state index contributed by atoms with van der Waals surface area (Å²) < 4.78 is 48.3. The Bertz CT molecular complexity index is 1830. The van der Waals surface area contributed by atoms with Crippen LogP contribution in [0.15, 0.2) is 89.8 Å². The Balaban J connectivity index is 1.41. The molecule has 0 saturated heterocycles. The van der Waals surface area contributed by atoms with Gasteiger partial charge >= 0.3 is 6.03 Å². The van der Waals surface area contributed by atoms with Gasteiger partial charge in [-0.25, -0.2) is 17.6 Å². The predicted molar refractivity (Wildman–Crippen MR) is 175 cm³/mol. The molecule has 3 atom stereocenters. The molecule has 4 aromatic carbocycles. The fraction of sp³-hybridized carbons (Fsp3) is 0.294. The zero-order valence-corrected chi connectivity index (χ0v) is 26.6. The molecule has 0 unspecified atom stereocenters. The van der Waals surface area contributed by atoms with Gasteiger partial charge in [-0.05, 0) is 60.8 Å². The molecule has 12 heteroatoms. The number of benzene rings is 4. The number of rotatable bonds is 8. The van der Waals surface area contributed by atoms with E-state index in [-0.39, 0.29) is 54.6 Å². The molecule has 242 valence electrons. The number of halogens is 1. The van der Waals surface area contributed by atoms with Gasteiger partial charge in [0.2, 0.25) is 5.91 Å². The highest BCUT2D eigenvalue weighted by atomic mass is 32.2. The maximum Gasteiger partial charge on any atom is 0.321 e. The molecule has 3 amide bonds. The number of urea groups is 1. The molecule has 46 heavy (non-hydrogen) atoms. The minimum atomic E-state index is -4.04. The number of ether oxygens (including phenoxy) is 1. The Kier molecular flexibility index (Phi) is 9.78. The molecule has 1 heterocycles. The molecule has 3 N–H and O–H groups in total. The van der Waals surface area contributed by atoms with Crippen LogP contribution in [0, 0.1) is 11.7 Å². The summed E-state index contributed by atoms with van der Waals surface area (Å²) in [5.41, 5.74) is 1.30. The van der Waals surface area contributed by atoms with Crippen molar-refractivity contribution in [3.8, 4) is 5.75 Å². The smallest absolute Gasteiger partial charge is 0.321 e. The van der Waals surface area contributed by atoms with E-state index in [9.17, 15) is 27.5 Å². The van der Waals surface area contributed by atoms with Crippen molar-refractivity contribution in [3.05, 3.63) is 96.3 Å². The number of carbonyl (C=O) groups is 2. The van der Waals surface area contributed by atoms with E-state index in [4.69, 9.17) is 4.74 Å². The van der Waals surface area contributed by atoms with Crippen molar-refractivity contribution in [1.29, 1.82) is 0 Å². The highest BCUT2D eigenvalue weighted by Gasteiger charge is 2.32. The van der Waals surface area contributed by atoms with Crippen molar-refractivity contribution in [2.75, 3.05) is 36.8 Å². The van der Waals surface area contributed by atoms with Crippen LogP contribution in [0.5, 0.6) is 5.75 Å². The lowest BCUT2D eigenvalue weighted by molar-refractivity contribution is -0.134. The number of likely N-dealkylation sites (N-methyl/N-ethyl adjacent to an activating group) is 1. The number of amides is 3. The van der Waals surface area contributed by atoms with Gasteiger partial charge in [-0.2, -0.15) is 0 Å². The van der Waals surface area contributed by atoms with Crippen LogP contribution in [0.2, 0.25) is 0 Å². The summed E-state index contributed by atoms with van der Waals surface area (Å²) in [7, 11) is -2.38. The Morgan fingerprint density at radius 1 is 1.09 bits per heavy atom. The van der Waals surface area contributed by atoms with Crippen molar-refractivity contribution in [2.24, 2.45) is 5.92 Å². The second kappa shape index (κ2) is 13.8. The lowest BCUT2D eigenvalue weighted by Crippen LogP contribution is -2.48. The fourth-order valence-corrected chi connectivity index (χ4v) is 6.49. The molecule has 4 aromatic rings. The zero-order valence-electron chi connectivity index (χ0n) is 25.8. The molecule has 1 aliphatic rings. The summed E-state index contributed by atoms with van der Waals surface area (Å²) >= 11 is 0. The van der Waals surface area contributed by atoms with Crippen molar-refractivity contribution >= 4 is 44.1 Å². The highest BCUT2D eigenvalue weighted by Crippen LogP contribution is 2.30. The van der Waals surface area contributed by atoms with Gasteiger partial charge in [0.15, 0.2) is 0 Å². The van der Waals surface area contributed by atoms with Gasteiger partial charge in [0.25, 0.3) is 10.0 Å². The quantitative estimate of drug-likeness (QED) is 0.244. The molecule has 0 saturated carbocycles. The van der Waals surface area contributed by atoms with E-state index < -0.39 is 28.0 Å². The Labute approximate surface area is 267 Å². The van der Waals surface area contributed by atoms with Crippen molar-refractivity contribution in [1.82, 2.24) is 9.80 Å². The summed E-state index contributed by atoms with van der Waals surface area (Å²) in [4.78, 5) is 29.9. The first-order valence-corrected chi connectivity index (χ1v) is 16.4. The highest BCUT2D eigenvalue weighted by molar-refractivity contribution is 7.92. The lowest BCUT2D eigenvalue weighted by Gasteiger charge is -2.34. The number of hydrogen-bond donors (Lipinski definition) is 3. The molecular weight excluding hydrogens is 611 g/mol. The van der Waals surface area contributed by atoms with E-state index in [0.29, 0.717) is 17.0 Å². The minimum absolute atomic E-state index is 0.108. The van der Waals surface area contributed by atoms with Gasteiger partial charge in [-0.15, -0.1) is 0 Å². The number of nitrogens with zero attached hydrogens (tertiary/aromatic N) is 2. The molecule has 1 aliphatic heterocycles. The number of carbonyl (C=O) groups excluding carboxylic acids is 2. The van der Waals surface area contributed by atoms with E-state index in [1.54, 1.807) is 24.9 Å². The molecule has 0 aliphatic carbocycles. The van der Waals surface area contributed by atoms with Gasteiger partial charge < -0.3 is 25.0 Å². The van der Waals surface area contributed by atoms with Crippen molar-refractivity contribution < 1.29 is 32.2 Å². The van der Waals surface area contributed by atoms with Crippen molar-refractivity contribution in [3.63, 3.8) is 0 Å². The number of anilines is 2. The van der Waals surface area contributed by atoms with Gasteiger partial charge in [0.05, 0.1) is 36.2 Å². The Morgan fingerprint density at radius 2 is 1.80 bits per heavy atom. The fourth-order valence-electron chi connectivity index (χ4n) is 5.44. The van der Waals surface area contributed by atoms with Gasteiger partial charge in [0.1, 0.15) is 17.7 Å². The molecule has 0 bridgehead atoms. The van der Waals surface area contributed by atoms with E-state index in [2.05, 4.69) is 10.0 Å². The molecule has 0 radical (unpaired) electrons. The molecule has 0 aromatic heterocycles. The van der Waals surface area contributed by atoms with E-state index in [1.165, 1.54) is 17.0 Å². The summed E-state index contributed by atoms with van der Waals surface area (Å²) in [5, 5.41) is 14.8. The number of nitrogens with one attached hydrogen (secondary N) is 2. The molecule has 0 fully saturated rings. The number of sulfonamides is 1. The number of hydrogen-bond acceptors (Lipinski definition) is 6. The van der Waals surface area contributed by atoms with E-state index in [0.717, 1.165) is 35.0 Å². The average molecular weight is 649 g/mol. The third kappa shape index (κ3) is 7.40. The third-order valence-corrected chi connectivity index (χ3v) is 9.52. The Morgan fingerprint density at radius 3 is 2.54 bits per heavy atom. The predicted octanol–water partition coefficient (Wildman–Crippen LogP) is 5.09. The summed E-state index contributed by atoms with van der Waals surface area (Å²) in [6.07, 6.45) is -0.675. The van der Waals surface area contributed by atoms with Crippen LogP contribution in [0.25, 0.3) is 10.8 Å². The van der Waals surface area contributed by atoms with Crippen LogP contribution in [-0.2, 0) is 21.2 Å². The summed E-state index contributed by atoms with van der Waals surface area (Å²) in [5.74, 6) is -0.710. The van der Waals surface area contributed by atoms with Gasteiger partial charge in [-0.1, -0.05) is 43.3 Å². The maximum atomic E-state index is 13.5. The average Bonchev–Trinajstić information content (AvgIpc) is 3.08. The van der Waals surface area contributed by atoms with E-state index in [1.807, 2.05) is 49.4 Å². The minimum Gasteiger partial charge on any atom is -0.488 e. The lowest BCUT2D eigenvalue weighted by atomic mass is 10.0. The maximum absolute atomic E-state index is 13.5. The molecular formula is C34H37FN4O6S. The number of fused-ring (bicyclic) bond motifs is 2. The molecule has 5 rings (SSSR count). The second-order valence-corrected chi connectivity index (χ2v) is 13.3. The Hall–Kier alpha value is -4.68. The number of aliphatic hydroxyl groups is 1. The first-order chi connectivity index (χ1) is 21.9. The standard InChI is InChI=1S/C34H37FN4O6S/c1-22-19-39(23(2)21-40)33(41)18-25-17-27(37-46(43,44)28-14-11-26(35)12-15-28)13-16-31(25)45-32(22)20-38(3)34(42)36-30-10-6-8-24-7-4-5-9-29(24)30/h4-17,22-23,32,37,40H,18-21H2,1-3H3,(H,36,42)/t22-,23+,32-/m0/s1. The summed E-state index contributed by atoms with van der Waals surface area (Å²) in [6, 6.07) is 21.7.